The Bertz CT molecular complexity index is 373. The topological polar surface area (TPSA) is 67.4 Å². The van der Waals surface area contributed by atoms with Crippen molar-refractivity contribution in [1.29, 1.82) is 0 Å². The molecule has 0 bridgehead atoms. The van der Waals surface area contributed by atoms with Crippen molar-refractivity contribution < 1.29 is 14.3 Å². The summed E-state index contributed by atoms with van der Waals surface area (Å²) in [5.74, 6) is -0.477. The van der Waals surface area contributed by atoms with E-state index >= 15 is 0 Å². The van der Waals surface area contributed by atoms with Crippen molar-refractivity contribution in [3.8, 4) is 0 Å². The average molecular weight is 222 g/mol. The Hall–Kier alpha value is -2.04. The molecule has 5 nitrogen and oxygen atoms in total. The second kappa shape index (κ2) is 5.75. The molecule has 0 radical (unpaired) electrons. The quantitative estimate of drug-likeness (QED) is 0.733. The molecule has 0 fully saturated rings. The molecule has 0 aromatic heterocycles. The highest BCUT2D eigenvalue weighted by Gasteiger charge is 2.04. The highest BCUT2D eigenvalue weighted by molar-refractivity contribution is 5.89. The summed E-state index contributed by atoms with van der Waals surface area (Å²) in [5.41, 5.74) is 1.25. The van der Waals surface area contributed by atoms with Crippen LogP contribution >= 0.6 is 0 Å². The maximum atomic E-state index is 11.1. The number of hydrogen-bond acceptors (Lipinski definition) is 4. The van der Waals surface area contributed by atoms with Gasteiger partial charge < -0.3 is 15.4 Å². The van der Waals surface area contributed by atoms with E-state index in [9.17, 15) is 9.59 Å². The summed E-state index contributed by atoms with van der Waals surface area (Å²) in [6, 6.07) is 6.71. The number of rotatable bonds is 4. The fourth-order valence-electron chi connectivity index (χ4n) is 1.11. The van der Waals surface area contributed by atoms with Gasteiger partial charge in [-0.1, -0.05) is 0 Å². The van der Waals surface area contributed by atoms with Crippen LogP contribution in [0, 0.1) is 0 Å². The molecule has 1 aromatic rings. The second-order valence-electron chi connectivity index (χ2n) is 3.10. The lowest BCUT2D eigenvalue weighted by molar-refractivity contribution is -0.118. The van der Waals surface area contributed by atoms with E-state index < -0.39 is 0 Å². The molecule has 0 heterocycles. The minimum Gasteiger partial charge on any atom is -0.465 e. The van der Waals surface area contributed by atoms with Crippen LogP contribution < -0.4 is 10.6 Å². The number of carbonyl (C=O) groups is 2. The number of carbonyl (C=O) groups excluding carboxylic acids is 2. The first kappa shape index (κ1) is 12.0. The zero-order chi connectivity index (χ0) is 12.0. The van der Waals surface area contributed by atoms with Crippen molar-refractivity contribution in [2.75, 3.05) is 26.0 Å². The van der Waals surface area contributed by atoms with E-state index in [2.05, 4.69) is 15.4 Å². The molecule has 1 amide bonds. The van der Waals surface area contributed by atoms with E-state index in [0.717, 1.165) is 5.69 Å². The Morgan fingerprint density at radius 3 is 2.38 bits per heavy atom. The van der Waals surface area contributed by atoms with Crippen LogP contribution in [0.2, 0.25) is 0 Å². The fraction of sp³-hybridized carbons (Fsp3) is 0.273. The predicted octanol–water partition coefficient (Wildman–Crippen LogP) is 0.631. The maximum absolute atomic E-state index is 11.1. The fourth-order valence-corrected chi connectivity index (χ4v) is 1.11. The molecule has 0 atom stereocenters. The summed E-state index contributed by atoms with van der Waals surface area (Å²) in [6.45, 7) is 0.202. The van der Waals surface area contributed by atoms with E-state index in [1.54, 1.807) is 31.3 Å². The lowest BCUT2D eigenvalue weighted by Gasteiger charge is -2.05. The van der Waals surface area contributed by atoms with Crippen LogP contribution in [0.4, 0.5) is 5.69 Å². The first-order chi connectivity index (χ1) is 7.67. The van der Waals surface area contributed by atoms with E-state index in [1.165, 1.54) is 7.11 Å². The van der Waals surface area contributed by atoms with Gasteiger partial charge in [-0.3, -0.25) is 4.79 Å². The van der Waals surface area contributed by atoms with Gasteiger partial charge in [-0.25, -0.2) is 4.79 Å². The molecule has 0 unspecified atom stereocenters. The van der Waals surface area contributed by atoms with E-state index in [1.807, 2.05) is 0 Å². The van der Waals surface area contributed by atoms with Crippen molar-refractivity contribution >= 4 is 17.6 Å². The van der Waals surface area contributed by atoms with E-state index in [0.29, 0.717) is 5.56 Å². The number of benzene rings is 1. The molecule has 1 rings (SSSR count). The molecule has 0 aliphatic heterocycles. The molecule has 5 heteroatoms. The van der Waals surface area contributed by atoms with Crippen LogP contribution in [0.3, 0.4) is 0 Å². The van der Waals surface area contributed by atoms with Crippen LogP contribution in [0.25, 0.3) is 0 Å². The van der Waals surface area contributed by atoms with Gasteiger partial charge in [-0.15, -0.1) is 0 Å². The zero-order valence-corrected chi connectivity index (χ0v) is 9.24. The Kier molecular flexibility index (Phi) is 4.32. The molecule has 0 aliphatic carbocycles. The van der Waals surface area contributed by atoms with E-state index in [4.69, 9.17) is 0 Å². The first-order valence-electron chi connectivity index (χ1n) is 4.80. The number of nitrogens with one attached hydrogen (secondary N) is 2. The van der Waals surface area contributed by atoms with E-state index in [-0.39, 0.29) is 18.4 Å². The van der Waals surface area contributed by atoms with Crippen molar-refractivity contribution in [1.82, 2.24) is 5.32 Å². The summed E-state index contributed by atoms with van der Waals surface area (Å²) in [5, 5.41) is 5.41. The lowest BCUT2D eigenvalue weighted by Crippen LogP contribution is -2.26. The molecular weight excluding hydrogens is 208 g/mol. The molecule has 0 saturated heterocycles. The Balaban J connectivity index is 2.58. The molecule has 0 spiro atoms. The molecule has 1 aromatic carbocycles. The molecule has 86 valence electrons. The van der Waals surface area contributed by atoms with Gasteiger partial charge in [-0.2, -0.15) is 0 Å². The van der Waals surface area contributed by atoms with Crippen molar-refractivity contribution in [2.24, 2.45) is 0 Å². The predicted molar refractivity (Wildman–Crippen MR) is 60.3 cm³/mol. The summed E-state index contributed by atoms with van der Waals surface area (Å²) >= 11 is 0. The number of anilines is 1. The number of likely N-dealkylation sites (N-methyl/N-ethyl adjacent to an activating group) is 1. The minimum atomic E-state index is -0.377. The third-order valence-electron chi connectivity index (χ3n) is 2.04. The molecule has 0 saturated carbocycles. The Labute approximate surface area is 93.8 Å². The SMILES string of the molecule is CNC(=O)CNc1ccc(C(=O)OC)cc1. The van der Waals surface area contributed by atoms with Gasteiger partial charge >= 0.3 is 5.97 Å². The minimum absolute atomic E-state index is 0.1000. The van der Waals surface area contributed by atoms with Gasteiger partial charge in [0.1, 0.15) is 0 Å². The van der Waals surface area contributed by atoms with Crippen LogP contribution in [-0.4, -0.2) is 32.6 Å². The molecule has 2 N–H and O–H groups in total. The van der Waals surface area contributed by atoms with Crippen molar-refractivity contribution in [2.45, 2.75) is 0 Å². The zero-order valence-electron chi connectivity index (χ0n) is 9.24. The number of ether oxygens (including phenoxy) is 1. The maximum Gasteiger partial charge on any atom is 0.337 e. The first-order valence-corrected chi connectivity index (χ1v) is 4.80. The van der Waals surface area contributed by atoms with Gasteiger partial charge in [0.15, 0.2) is 0 Å². The van der Waals surface area contributed by atoms with Gasteiger partial charge in [0.05, 0.1) is 19.2 Å². The highest BCUT2D eigenvalue weighted by Crippen LogP contribution is 2.09. The largest absolute Gasteiger partial charge is 0.465 e. The summed E-state index contributed by atoms with van der Waals surface area (Å²) < 4.78 is 4.57. The van der Waals surface area contributed by atoms with Gasteiger partial charge in [0.25, 0.3) is 0 Å². The van der Waals surface area contributed by atoms with Crippen molar-refractivity contribution in [3.63, 3.8) is 0 Å². The monoisotopic (exact) mass is 222 g/mol. The normalized spacial score (nSPS) is 9.38. The number of hydrogen-bond donors (Lipinski definition) is 2. The number of methoxy groups -OCH3 is 1. The Morgan fingerprint density at radius 2 is 1.88 bits per heavy atom. The molecular formula is C11H14N2O3. The summed E-state index contributed by atoms with van der Waals surface area (Å²) in [4.78, 5) is 22.1. The molecule has 16 heavy (non-hydrogen) atoms. The summed E-state index contributed by atoms with van der Waals surface area (Å²) in [7, 11) is 2.91. The summed E-state index contributed by atoms with van der Waals surface area (Å²) in [6.07, 6.45) is 0. The van der Waals surface area contributed by atoms with Crippen LogP contribution in [0.5, 0.6) is 0 Å². The van der Waals surface area contributed by atoms with Crippen LogP contribution in [0.1, 0.15) is 10.4 Å². The lowest BCUT2D eigenvalue weighted by atomic mass is 10.2. The second-order valence-corrected chi connectivity index (χ2v) is 3.10. The van der Waals surface area contributed by atoms with Gasteiger partial charge in [-0.05, 0) is 24.3 Å². The third kappa shape index (κ3) is 3.27. The smallest absolute Gasteiger partial charge is 0.337 e. The average Bonchev–Trinajstić information content (AvgIpc) is 2.35. The standard InChI is InChI=1S/C11H14N2O3/c1-12-10(14)7-13-9-5-3-8(4-6-9)11(15)16-2/h3-6,13H,7H2,1-2H3,(H,12,14). The van der Waals surface area contributed by atoms with Gasteiger partial charge in [0.2, 0.25) is 5.91 Å². The van der Waals surface area contributed by atoms with Gasteiger partial charge in [0, 0.05) is 12.7 Å². The van der Waals surface area contributed by atoms with Crippen molar-refractivity contribution in [3.05, 3.63) is 29.8 Å². The highest BCUT2D eigenvalue weighted by atomic mass is 16.5. The number of esters is 1. The Morgan fingerprint density at radius 1 is 1.25 bits per heavy atom. The van der Waals surface area contributed by atoms with Crippen LogP contribution in [0.15, 0.2) is 24.3 Å². The number of amides is 1. The third-order valence-corrected chi connectivity index (χ3v) is 2.04. The van der Waals surface area contributed by atoms with Crippen LogP contribution in [-0.2, 0) is 9.53 Å². The molecule has 0 aliphatic rings.